The van der Waals surface area contributed by atoms with Gasteiger partial charge in [-0.05, 0) is 36.8 Å². The summed E-state index contributed by atoms with van der Waals surface area (Å²) in [6.07, 6.45) is 0.436. The monoisotopic (exact) mass is 426 g/mol. The summed E-state index contributed by atoms with van der Waals surface area (Å²) in [7, 11) is 1.44. The second-order valence-electron chi connectivity index (χ2n) is 6.51. The highest BCUT2D eigenvalue weighted by Gasteiger charge is 2.27. The van der Waals surface area contributed by atoms with Crippen LogP contribution in [0, 0.1) is 17.5 Å². The number of hydrogen-bond acceptors (Lipinski definition) is 3. The molecule has 1 aliphatic rings. The minimum Gasteiger partial charge on any atom is -0.496 e. The standard InChI is InChI=1S/C20H18ClF3N2O3/c1-29-16-6-3-12(21)11-14(16)20(28)26-8-2-7-25(9-10-26)19(27)13-4-5-15(22)18(24)17(13)23/h3-6,11H,2,7-10H2,1H3. The molecule has 5 nitrogen and oxygen atoms in total. The van der Waals surface area contributed by atoms with E-state index < -0.39 is 28.9 Å². The van der Waals surface area contributed by atoms with Gasteiger partial charge in [0.1, 0.15) is 5.75 Å². The maximum Gasteiger partial charge on any atom is 0.257 e. The van der Waals surface area contributed by atoms with Crippen molar-refractivity contribution in [3.05, 3.63) is 63.9 Å². The fraction of sp³-hybridized carbons (Fsp3) is 0.300. The Morgan fingerprint density at radius 2 is 1.52 bits per heavy atom. The number of amides is 2. The molecule has 2 amide bonds. The predicted molar refractivity (Wildman–Crippen MR) is 101 cm³/mol. The molecule has 1 heterocycles. The molecule has 3 rings (SSSR count). The summed E-state index contributed by atoms with van der Waals surface area (Å²) < 4.78 is 45.8. The van der Waals surface area contributed by atoms with Crippen molar-refractivity contribution in [1.29, 1.82) is 0 Å². The van der Waals surface area contributed by atoms with Crippen LogP contribution in [0.4, 0.5) is 13.2 Å². The van der Waals surface area contributed by atoms with E-state index >= 15 is 0 Å². The number of carbonyl (C=O) groups is 2. The average molecular weight is 427 g/mol. The molecule has 1 aliphatic heterocycles. The quantitative estimate of drug-likeness (QED) is 0.702. The van der Waals surface area contributed by atoms with Crippen LogP contribution in [0.3, 0.4) is 0 Å². The van der Waals surface area contributed by atoms with Crippen molar-refractivity contribution in [1.82, 2.24) is 9.80 Å². The molecule has 0 atom stereocenters. The second-order valence-corrected chi connectivity index (χ2v) is 6.94. The highest BCUT2D eigenvalue weighted by Crippen LogP contribution is 2.25. The van der Waals surface area contributed by atoms with Gasteiger partial charge in [-0.1, -0.05) is 11.6 Å². The fourth-order valence-corrected chi connectivity index (χ4v) is 3.37. The molecule has 0 radical (unpaired) electrons. The Bertz CT molecular complexity index is 955. The molecule has 154 valence electrons. The third-order valence-corrected chi connectivity index (χ3v) is 4.96. The number of ether oxygens (including phenoxy) is 1. The van der Waals surface area contributed by atoms with E-state index in [9.17, 15) is 22.8 Å². The molecule has 0 aromatic heterocycles. The number of hydrogen-bond donors (Lipinski definition) is 0. The highest BCUT2D eigenvalue weighted by atomic mass is 35.5. The number of halogens is 4. The molecule has 0 N–H and O–H groups in total. The zero-order valence-electron chi connectivity index (χ0n) is 15.6. The molecule has 1 fully saturated rings. The SMILES string of the molecule is COc1ccc(Cl)cc1C(=O)N1CCCN(C(=O)c2ccc(F)c(F)c2F)CC1. The molecule has 1 saturated heterocycles. The van der Waals surface area contributed by atoms with Gasteiger partial charge in [-0.25, -0.2) is 13.2 Å². The molecular weight excluding hydrogens is 409 g/mol. The van der Waals surface area contributed by atoms with Gasteiger partial charge < -0.3 is 14.5 Å². The molecule has 2 aromatic rings. The van der Waals surface area contributed by atoms with E-state index in [1.54, 1.807) is 17.0 Å². The Morgan fingerprint density at radius 3 is 2.14 bits per heavy atom. The minimum absolute atomic E-state index is 0.117. The third-order valence-electron chi connectivity index (χ3n) is 4.73. The van der Waals surface area contributed by atoms with Gasteiger partial charge in [-0.15, -0.1) is 0 Å². The van der Waals surface area contributed by atoms with Gasteiger partial charge in [0.05, 0.1) is 18.2 Å². The minimum atomic E-state index is -1.68. The molecular formula is C20H18ClF3N2O3. The molecule has 2 aromatic carbocycles. The summed E-state index contributed by atoms with van der Waals surface area (Å²) in [5.74, 6) is -5.25. The summed E-state index contributed by atoms with van der Waals surface area (Å²) in [6, 6.07) is 6.34. The van der Waals surface area contributed by atoms with Crippen LogP contribution < -0.4 is 4.74 Å². The zero-order valence-corrected chi connectivity index (χ0v) is 16.3. The van der Waals surface area contributed by atoms with E-state index in [1.807, 2.05) is 0 Å². The maximum atomic E-state index is 14.0. The van der Waals surface area contributed by atoms with Crippen LogP contribution in [0.15, 0.2) is 30.3 Å². The van der Waals surface area contributed by atoms with Crippen molar-refractivity contribution in [3.63, 3.8) is 0 Å². The number of rotatable bonds is 3. The Morgan fingerprint density at radius 1 is 0.897 bits per heavy atom. The maximum absolute atomic E-state index is 14.0. The first-order chi connectivity index (χ1) is 13.8. The van der Waals surface area contributed by atoms with E-state index in [1.165, 1.54) is 18.1 Å². The van der Waals surface area contributed by atoms with Crippen molar-refractivity contribution in [2.24, 2.45) is 0 Å². The van der Waals surface area contributed by atoms with E-state index in [4.69, 9.17) is 16.3 Å². The summed E-state index contributed by atoms with van der Waals surface area (Å²) >= 11 is 5.99. The predicted octanol–water partition coefficient (Wildman–Crippen LogP) is 3.75. The van der Waals surface area contributed by atoms with Crippen LogP contribution in [0.25, 0.3) is 0 Å². The Labute approximate surface area is 170 Å². The van der Waals surface area contributed by atoms with Gasteiger partial charge in [0.25, 0.3) is 11.8 Å². The van der Waals surface area contributed by atoms with E-state index in [0.717, 1.165) is 6.07 Å². The summed E-state index contributed by atoms with van der Waals surface area (Å²) in [4.78, 5) is 28.3. The largest absolute Gasteiger partial charge is 0.496 e. The third kappa shape index (κ3) is 4.32. The summed E-state index contributed by atoms with van der Waals surface area (Å²) in [6.45, 7) is 0.906. The van der Waals surface area contributed by atoms with Crippen LogP contribution >= 0.6 is 11.6 Å². The van der Waals surface area contributed by atoms with Crippen LogP contribution in [-0.4, -0.2) is 54.9 Å². The van der Waals surface area contributed by atoms with Crippen molar-refractivity contribution in [2.75, 3.05) is 33.3 Å². The molecule has 0 unspecified atom stereocenters. The van der Waals surface area contributed by atoms with E-state index in [-0.39, 0.29) is 25.5 Å². The summed E-state index contributed by atoms with van der Waals surface area (Å²) in [5.41, 5.74) is -0.244. The Hall–Kier alpha value is -2.74. The number of carbonyl (C=O) groups excluding carboxylic acids is 2. The lowest BCUT2D eigenvalue weighted by atomic mass is 10.1. The Kier molecular flexibility index (Phi) is 6.32. The van der Waals surface area contributed by atoms with Crippen molar-refractivity contribution >= 4 is 23.4 Å². The van der Waals surface area contributed by atoms with Gasteiger partial charge in [0.15, 0.2) is 17.5 Å². The fourth-order valence-electron chi connectivity index (χ4n) is 3.20. The van der Waals surface area contributed by atoms with Crippen LogP contribution in [0.5, 0.6) is 5.75 Å². The lowest BCUT2D eigenvalue weighted by Crippen LogP contribution is -2.37. The molecule has 0 spiro atoms. The zero-order chi connectivity index (χ0) is 21.1. The van der Waals surface area contributed by atoms with Crippen molar-refractivity contribution in [3.8, 4) is 5.75 Å². The van der Waals surface area contributed by atoms with E-state index in [0.29, 0.717) is 35.4 Å². The van der Waals surface area contributed by atoms with E-state index in [2.05, 4.69) is 0 Å². The number of nitrogens with zero attached hydrogens (tertiary/aromatic N) is 2. The first kappa shape index (κ1) is 21.0. The van der Waals surface area contributed by atoms with Crippen molar-refractivity contribution < 1.29 is 27.5 Å². The topological polar surface area (TPSA) is 49.9 Å². The lowest BCUT2D eigenvalue weighted by molar-refractivity contribution is 0.0713. The molecule has 29 heavy (non-hydrogen) atoms. The number of benzene rings is 2. The normalized spacial score (nSPS) is 14.5. The van der Waals surface area contributed by atoms with Gasteiger partial charge >= 0.3 is 0 Å². The first-order valence-corrected chi connectivity index (χ1v) is 9.27. The number of methoxy groups -OCH3 is 1. The van der Waals surface area contributed by atoms with Crippen LogP contribution in [0.1, 0.15) is 27.1 Å². The Balaban J connectivity index is 1.76. The first-order valence-electron chi connectivity index (χ1n) is 8.89. The summed E-state index contributed by atoms with van der Waals surface area (Å²) in [5, 5.41) is 0.384. The lowest BCUT2D eigenvalue weighted by Gasteiger charge is -2.23. The van der Waals surface area contributed by atoms with Gasteiger partial charge in [0.2, 0.25) is 0 Å². The smallest absolute Gasteiger partial charge is 0.257 e. The second kappa shape index (κ2) is 8.73. The van der Waals surface area contributed by atoms with Gasteiger partial charge in [-0.2, -0.15) is 0 Å². The molecule has 0 saturated carbocycles. The van der Waals surface area contributed by atoms with Crippen LogP contribution in [-0.2, 0) is 0 Å². The van der Waals surface area contributed by atoms with Crippen LogP contribution in [0.2, 0.25) is 5.02 Å². The molecule has 0 aliphatic carbocycles. The molecule has 9 heteroatoms. The van der Waals surface area contributed by atoms with Gasteiger partial charge in [-0.3, -0.25) is 9.59 Å². The molecule has 0 bridgehead atoms. The average Bonchev–Trinajstić information content (AvgIpc) is 2.97. The van der Waals surface area contributed by atoms with Gasteiger partial charge in [0, 0.05) is 31.2 Å². The highest BCUT2D eigenvalue weighted by molar-refractivity contribution is 6.31. The van der Waals surface area contributed by atoms with Crippen molar-refractivity contribution in [2.45, 2.75) is 6.42 Å².